The highest BCUT2D eigenvalue weighted by Gasteiger charge is 2.11. The van der Waals surface area contributed by atoms with Gasteiger partial charge in [-0.05, 0) is 40.7 Å². The number of hydrogen-bond donors (Lipinski definition) is 1. The van der Waals surface area contributed by atoms with Crippen LogP contribution in [-0.2, 0) is 0 Å². The molecule has 11 heavy (non-hydrogen) atoms. The smallest absolute Gasteiger partial charge is 0.00985 e. The van der Waals surface area contributed by atoms with Gasteiger partial charge in [0.2, 0.25) is 0 Å². The van der Waals surface area contributed by atoms with Crippen LogP contribution in [0.2, 0.25) is 0 Å². The van der Waals surface area contributed by atoms with E-state index in [9.17, 15) is 0 Å². The quantitative estimate of drug-likeness (QED) is 0.618. The molecule has 0 radical (unpaired) electrons. The molecule has 0 bridgehead atoms. The third-order valence-electron chi connectivity index (χ3n) is 2.68. The van der Waals surface area contributed by atoms with E-state index in [0.717, 1.165) is 0 Å². The minimum atomic E-state index is 0.574. The molecule has 0 saturated carbocycles. The molecule has 0 spiro atoms. The zero-order valence-corrected chi connectivity index (χ0v) is 8.65. The molecule has 0 aliphatic heterocycles. The highest BCUT2D eigenvalue weighted by atomic mass is 14.9. The SMILES string of the molecule is CNC(C)C(C)C(C)=C(C)C. The minimum Gasteiger partial charge on any atom is -0.317 e. The lowest BCUT2D eigenvalue weighted by molar-refractivity contribution is 0.476. The van der Waals surface area contributed by atoms with Gasteiger partial charge in [-0.1, -0.05) is 18.1 Å². The molecule has 0 heterocycles. The zero-order chi connectivity index (χ0) is 9.02. The maximum atomic E-state index is 3.27. The van der Waals surface area contributed by atoms with Crippen LogP contribution in [0.15, 0.2) is 11.1 Å². The Morgan fingerprint density at radius 2 is 1.55 bits per heavy atom. The van der Waals surface area contributed by atoms with Gasteiger partial charge in [0, 0.05) is 6.04 Å². The Hall–Kier alpha value is -0.300. The summed E-state index contributed by atoms with van der Waals surface area (Å²) in [5, 5.41) is 3.27. The molecular weight excluding hydrogens is 134 g/mol. The number of nitrogens with one attached hydrogen (secondary N) is 1. The highest BCUT2D eigenvalue weighted by molar-refractivity contribution is 5.11. The van der Waals surface area contributed by atoms with Gasteiger partial charge in [0.25, 0.3) is 0 Å². The van der Waals surface area contributed by atoms with E-state index in [0.29, 0.717) is 12.0 Å². The molecular formula is C10H21N. The van der Waals surface area contributed by atoms with Crippen molar-refractivity contribution in [3.63, 3.8) is 0 Å². The van der Waals surface area contributed by atoms with Gasteiger partial charge in [-0.3, -0.25) is 0 Å². The van der Waals surface area contributed by atoms with E-state index in [2.05, 4.69) is 39.9 Å². The Morgan fingerprint density at radius 1 is 1.09 bits per heavy atom. The van der Waals surface area contributed by atoms with Crippen LogP contribution in [0.3, 0.4) is 0 Å². The highest BCUT2D eigenvalue weighted by Crippen LogP contribution is 2.17. The molecule has 0 fully saturated rings. The first kappa shape index (κ1) is 10.7. The lowest BCUT2D eigenvalue weighted by Gasteiger charge is -2.21. The van der Waals surface area contributed by atoms with Crippen LogP contribution >= 0.6 is 0 Å². The molecule has 0 aliphatic rings. The molecule has 0 aliphatic carbocycles. The molecule has 2 atom stereocenters. The summed E-state index contributed by atoms with van der Waals surface area (Å²) in [4.78, 5) is 0. The van der Waals surface area contributed by atoms with Crippen molar-refractivity contribution in [3.05, 3.63) is 11.1 Å². The lowest BCUT2D eigenvalue weighted by atomic mass is 9.92. The van der Waals surface area contributed by atoms with Gasteiger partial charge in [0.1, 0.15) is 0 Å². The van der Waals surface area contributed by atoms with Gasteiger partial charge < -0.3 is 5.32 Å². The van der Waals surface area contributed by atoms with Crippen molar-refractivity contribution < 1.29 is 0 Å². The van der Waals surface area contributed by atoms with Crippen LogP contribution < -0.4 is 5.32 Å². The Bertz CT molecular complexity index is 143. The normalized spacial score (nSPS) is 15.8. The van der Waals surface area contributed by atoms with Crippen LogP contribution in [-0.4, -0.2) is 13.1 Å². The molecule has 0 saturated heterocycles. The third kappa shape index (κ3) is 3.06. The molecule has 66 valence electrons. The van der Waals surface area contributed by atoms with Gasteiger partial charge in [0.15, 0.2) is 0 Å². The molecule has 0 amide bonds. The molecule has 1 heteroatoms. The van der Waals surface area contributed by atoms with Crippen molar-refractivity contribution in [3.8, 4) is 0 Å². The fraction of sp³-hybridized carbons (Fsp3) is 0.800. The zero-order valence-electron chi connectivity index (χ0n) is 8.65. The number of allylic oxidation sites excluding steroid dienone is 1. The second-order valence-corrected chi connectivity index (χ2v) is 3.55. The van der Waals surface area contributed by atoms with E-state index in [-0.39, 0.29) is 0 Å². The van der Waals surface area contributed by atoms with Crippen molar-refractivity contribution in [2.24, 2.45) is 5.92 Å². The summed E-state index contributed by atoms with van der Waals surface area (Å²) >= 11 is 0. The first-order chi connectivity index (χ1) is 5.00. The van der Waals surface area contributed by atoms with Gasteiger partial charge >= 0.3 is 0 Å². The van der Waals surface area contributed by atoms with E-state index in [1.54, 1.807) is 0 Å². The first-order valence-corrected chi connectivity index (χ1v) is 4.32. The predicted molar refractivity (Wildman–Crippen MR) is 51.7 cm³/mol. The van der Waals surface area contributed by atoms with E-state index >= 15 is 0 Å². The molecule has 0 rings (SSSR count). The van der Waals surface area contributed by atoms with Crippen LogP contribution in [0, 0.1) is 5.92 Å². The maximum absolute atomic E-state index is 3.27. The van der Waals surface area contributed by atoms with Gasteiger partial charge in [-0.25, -0.2) is 0 Å². The monoisotopic (exact) mass is 155 g/mol. The average Bonchev–Trinajstić information content (AvgIpc) is 2.00. The standard InChI is InChI=1S/C10H21N/c1-7(2)8(3)9(4)10(5)11-6/h9-11H,1-6H3. The fourth-order valence-corrected chi connectivity index (χ4v) is 1.08. The molecule has 1 nitrogen and oxygen atoms in total. The second kappa shape index (κ2) is 4.55. The van der Waals surface area contributed by atoms with E-state index in [1.807, 2.05) is 7.05 Å². The van der Waals surface area contributed by atoms with Gasteiger partial charge in [0.05, 0.1) is 0 Å². The summed E-state index contributed by atoms with van der Waals surface area (Å²) in [6.07, 6.45) is 0. The Balaban J connectivity index is 4.24. The summed E-state index contributed by atoms with van der Waals surface area (Å²) < 4.78 is 0. The van der Waals surface area contributed by atoms with Gasteiger partial charge in [-0.2, -0.15) is 0 Å². The Labute approximate surface area is 70.9 Å². The lowest BCUT2D eigenvalue weighted by Crippen LogP contribution is -2.29. The van der Waals surface area contributed by atoms with Gasteiger partial charge in [-0.15, -0.1) is 0 Å². The van der Waals surface area contributed by atoms with Crippen molar-refractivity contribution in [1.29, 1.82) is 0 Å². The van der Waals surface area contributed by atoms with Crippen LogP contribution in [0.5, 0.6) is 0 Å². The van der Waals surface area contributed by atoms with Crippen LogP contribution in [0.25, 0.3) is 0 Å². The molecule has 0 aromatic carbocycles. The molecule has 2 unspecified atom stereocenters. The van der Waals surface area contributed by atoms with Crippen LogP contribution in [0.1, 0.15) is 34.6 Å². The average molecular weight is 155 g/mol. The maximum Gasteiger partial charge on any atom is 0.00985 e. The molecule has 1 N–H and O–H groups in total. The predicted octanol–water partition coefficient (Wildman–Crippen LogP) is 2.59. The molecule has 0 aromatic rings. The van der Waals surface area contributed by atoms with Crippen molar-refractivity contribution in [2.75, 3.05) is 7.05 Å². The summed E-state index contributed by atoms with van der Waals surface area (Å²) in [7, 11) is 2.01. The topological polar surface area (TPSA) is 12.0 Å². The number of rotatable bonds is 3. The van der Waals surface area contributed by atoms with E-state index in [1.165, 1.54) is 11.1 Å². The summed E-state index contributed by atoms with van der Waals surface area (Å²) in [5.41, 5.74) is 2.95. The number of hydrogen-bond acceptors (Lipinski definition) is 1. The Morgan fingerprint density at radius 3 is 1.82 bits per heavy atom. The molecule has 0 aromatic heterocycles. The Kier molecular flexibility index (Phi) is 4.43. The van der Waals surface area contributed by atoms with Crippen molar-refractivity contribution >= 4 is 0 Å². The summed E-state index contributed by atoms with van der Waals surface area (Å²) in [5.74, 6) is 0.644. The minimum absolute atomic E-state index is 0.574. The summed E-state index contributed by atoms with van der Waals surface area (Å²) in [6.45, 7) is 11.1. The van der Waals surface area contributed by atoms with Crippen molar-refractivity contribution in [2.45, 2.75) is 40.7 Å². The van der Waals surface area contributed by atoms with E-state index in [4.69, 9.17) is 0 Å². The second-order valence-electron chi connectivity index (χ2n) is 3.55. The largest absolute Gasteiger partial charge is 0.317 e. The van der Waals surface area contributed by atoms with E-state index < -0.39 is 0 Å². The van der Waals surface area contributed by atoms with Crippen LogP contribution in [0.4, 0.5) is 0 Å². The third-order valence-corrected chi connectivity index (χ3v) is 2.68. The first-order valence-electron chi connectivity index (χ1n) is 4.32. The fourth-order valence-electron chi connectivity index (χ4n) is 1.08. The summed E-state index contributed by atoms with van der Waals surface area (Å²) in [6, 6.07) is 0.574. The van der Waals surface area contributed by atoms with Crippen molar-refractivity contribution in [1.82, 2.24) is 5.32 Å².